The maximum atomic E-state index is 12.7. The molecule has 1 atom stereocenters. The molecule has 156 valence electrons. The molecule has 0 amide bonds. The Bertz CT molecular complexity index is 1220. The number of carbonyl (C=O) groups excluding carboxylic acids is 1. The van der Waals surface area contributed by atoms with E-state index in [9.17, 15) is 4.79 Å². The highest BCUT2D eigenvalue weighted by molar-refractivity contribution is 5.95. The van der Waals surface area contributed by atoms with Gasteiger partial charge in [-0.25, -0.2) is 4.99 Å². The van der Waals surface area contributed by atoms with Crippen LogP contribution in [0.5, 0.6) is 5.75 Å². The molecule has 0 aliphatic heterocycles. The van der Waals surface area contributed by atoms with Crippen molar-refractivity contribution in [3.63, 3.8) is 0 Å². The maximum Gasteiger partial charge on any atom is 0.282 e. The summed E-state index contributed by atoms with van der Waals surface area (Å²) in [6.45, 7) is 0. The number of pyridine rings is 1. The summed E-state index contributed by atoms with van der Waals surface area (Å²) in [5.74, 6) is 0.00437. The van der Waals surface area contributed by atoms with Crippen molar-refractivity contribution in [1.82, 2.24) is 4.98 Å². The summed E-state index contributed by atoms with van der Waals surface area (Å²) in [4.78, 5) is 21.2. The van der Waals surface area contributed by atoms with Crippen LogP contribution in [0.2, 0.25) is 0 Å². The van der Waals surface area contributed by atoms with Gasteiger partial charge in [0.15, 0.2) is 5.78 Å². The molecule has 31 heavy (non-hydrogen) atoms. The molecule has 3 rings (SSSR count). The minimum atomic E-state index is -2.55. The van der Waals surface area contributed by atoms with Gasteiger partial charge in [-0.05, 0) is 41.0 Å². The monoisotopic (exact) mass is 417 g/mol. The Kier molecular flexibility index (Phi) is 5.71. The van der Waals surface area contributed by atoms with Gasteiger partial charge in [0, 0.05) is 12.6 Å². The summed E-state index contributed by atoms with van der Waals surface area (Å²) in [5, 5.41) is 8.89. The fraction of sp³-hybridized carbons (Fsp3) is 0.167. The van der Waals surface area contributed by atoms with Crippen LogP contribution in [0, 0.1) is 11.3 Å². The molecular formula is C24H22N4O3. The molecule has 0 aliphatic carbocycles. The Hall–Kier alpha value is -4.18. The van der Waals surface area contributed by atoms with Gasteiger partial charge in [-0.15, -0.1) is 0 Å². The standard InChI is InChI=1S/C24H22N4O3/c1-30-20-9-7-18(8-10-20)23(28-24(26)31-2)19-5-3-4-16(12-19)13-22(29)21-11-6-17(14-25)15-27-21/h3-12,15,23H,13H2,1-2H3,(H2,26,28)/i1D3. The number of ether oxygens (including phenoxy) is 2. The van der Waals surface area contributed by atoms with Crippen molar-refractivity contribution in [2.24, 2.45) is 10.7 Å². The second-order valence-corrected chi connectivity index (χ2v) is 6.63. The second-order valence-electron chi connectivity index (χ2n) is 6.63. The third-order valence-corrected chi connectivity index (χ3v) is 4.59. The van der Waals surface area contributed by atoms with Gasteiger partial charge in [-0.3, -0.25) is 9.78 Å². The summed E-state index contributed by atoms with van der Waals surface area (Å²) in [5.41, 5.74) is 8.69. The van der Waals surface area contributed by atoms with Crippen molar-refractivity contribution in [3.05, 3.63) is 94.8 Å². The minimum Gasteiger partial charge on any atom is -0.497 e. The largest absolute Gasteiger partial charge is 0.497 e. The van der Waals surface area contributed by atoms with Gasteiger partial charge in [-0.2, -0.15) is 5.26 Å². The van der Waals surface area contributed by atoms with E-state index in [1.165, 1.54) is 31.5 Å². The molecule has 7 nitrogen and oxygen atoms in total. The molecule has 0 saturated carbocycles. The number of nitrogens with two attached hydrogens (primary N) is 1. The number of ketones is 1. The fourth-order valence-corrected chi connectivity index (χ4v) is 3.01. The van der Waals surface area contributed by atoms with E-state index in [1.807, 2.05) is 30.3 Å². The van der Waals surface area contributed by atoms with E-state index in [4.69, 9.17) is 24.6 Å². The lowest BCUT2D eigenvalue weighted by Gasteiger charge is -2.16. The van der Waals surface area contributed by atoms with Crippen LogP contribution in [0.25, 0.3) is 0 Å². The van der Waals surface area contributed by atoms with Crippen LogP contribution < -0.4 is 10.5 Å². The molecule has 0 bridgehead atoms. The molecule has 0 aliphatic rings. The first kappa shape index (κ1) is 17.7. The number of rotatable bonds is 7. The zero-order valence-electron chi connectivity index (χ0n) is 19.8. The number of aliphatic imine (C=N–C) groups is 1. The number of hydrogen-bond acceptors (Lipinski definition) is 6. The van der Waals surface area contributed by atoms with Crippen LogP contribution in [0.4, 0.5) is 0 Å². The first-order valence-corrected chi connectivity index (χ1v) is 9.33. The number of benzene rings is 2. The molecule has 0 spiro atoms. The maximum absolute atomic E-state index is 12.7. The Morgan fingerprint density at radius 2 is 2.03 bits per heavy atom. The Labute approximate surface area is 185 Å². The predicted molar refractivity (Wildman–Crippen MR) is 117 cm³/mol. The molecule has 3 aromatic rings. The molecule has 2 aromatic carbocycles. The van der Waals surface area contributed by atoms with Crippen molar-refractivity contribution < 1.29 is 18.4 Å². The lowest BCUT2D eigenvalue weighted by molar-refractivity contribution is 0.0988. The number of hydrogen-bond donors (Lipinski definition) is 1. The van der Waals surface area contributed by atoms with E-state index in [1.54, 1.807) is 18.2 Å². The van der Waals surface area contributed by atoms with E-state index >= 15 is 0 Å². The highest BCUT2D eigenvalue weighted by atomic mass is 16.5. The molecule has 2 N–H and O–H groups in total. The lowest BCUT2D eigenvalue weighted by atomic mass is 9.96. The van der Waals surface area contributed by atoms with Crippen molar-refractivity contribution in [1.29, 1.82) is 5.26 Å². The Balaban J connectivity index is 1.88. The lowest BCUT2D eigenvalue weighted by Crippen LogP contribution is -2.16. The topological polar surface area (TPSA) is 111 Å². The van der Waals surface area contributed by atoms with Crippen molar-refractivity contribution in [3.8, 4) is 11.8 Å². The van der Waals surface area contributed by atoms with Crippen molar-refractivity contribution in [2.45, 2.75) is 12.5 Å². The average Bonchev–Trinajstić information content (AvgIpc) is 2.82. The van der Waals surface area contributed by atoms with Gasteiger partial charge in [0.2, 0.25) is 0 Å². The van der Waals surface area contributed by atoms with Crippen molar-refractivity contribution in [2.75, 3.05) is 14.1 Å². The normalized spacial score (nSPS) is 13.8. The van der Waals surface area contributed by atoms with E-state index in [0.717, 1.165) is 16.7 Å². The highest BCUT2D eigenvalue weighted by Crippen LogP contribution is 2.28. The number of amidine groups is 1. The number of nitrogens with zero attached hydrogens (tertiary/aromatic N) is 3. The van der Waals surface area contributed by atoms with Crippen LogP contribution in [-0.4, -0.2) is 30.9 Å². The van der Waals surface area contributed by atoms with E-state index in [-0.39, 0.29) is 29.7 Å². The first-order valence-electron chi connectivity index (χ1n) is 10.8. The van der Waals surface area contributed by atoms with Crippen LogP contribution in [0.1, 0.15) is 42.9 Å². The molecule has 0 radical (unpaired) electrons. The molecule has 1 aromatic heterocycles. The minimum absolute atomic E-state index is 0.0314. The Morgan fingerprint density at radius 3 is 2.68 bits per heavy atom. The van der Waals surface area contributed by atoms with Crippen LogP contribution in [-0.2, 0) is 11.2 Å². The van der Waals surface area contributed by atoms with E-state index in [2.05, 4.69) is 9.98 Å². The number of nitriles is 1. The van der Waals surface area contributed by atoms with Gasteiger partial charge >= 0.3 is 0 Å². The third-order valence-electron chi connectivity index (χ3n) is 4.59. The molecule has 1 unspecified atom stereocenters. The molecule has 7 heteroatoms. The van der Waals surface area contributed by atoms with Crippen LogP contribution >= 0.6 is 0 Å². The smallest absolute Gasteiger partial charge is 0.282 e. The van der Waals surface area contributed by atoms with E-state index < -0.39 is 13.1 Å². The zero-order valence-corrected chi connectivity index (χ0v) is 16.8. The molecule has 0 fully saturated rings. The van der Waals surface area contributed by atoms with Gasteiger partial charge in [0.25, 0.3) is 6.02 Å². The van der Waals surface area contributed by atoms with E-state index in [0.29, 0.717) is 5.56 Å². The Morgan fingerprint density at radius 1 is 1.23 bits per heavy atom. The third kappa shape index (κ3) is 5.46. The molecular weight excluding hydrogens is 392 g/mol. The van der Waals surface area contributed by atoms with Gasteiger partial charge in [0.1, 0.15) is 23.6 Å². The average molecular weight is 417 g/mol. The first-order chi connectivity index (χ1) is 16.2. The summed E-state index contributed by atoms with van der Waals surface area (Å²) in [7, 11) is -1.15. The SMILES string of the molecule is [2H]C([2H])([2H])Oc1ccc(C(N=C(N)OC)c2cccc(CC(=O)c3ccc(C#N)cn3)c2)cc1. The number of aromatic nitrogens is 1. The van der Waals surface area contributed by atoms with Crippen LogP contribution in [0.3, 0.4) is 0 Å². The zero-order chi connectivity index (χ0) is 24.7. The van der Waals surface area contributed by atoms with Gasteiger partial charge < -0.3 is 15.2 Å². The quantitative estimate of drug-likeness (QED) is 0.358. The fourth-order valence-electron chi connectivity index (χ4n) is 3.01. The molecule has 0 saturated heterocycles. The van der Waals surface area contributed by atoms with Gasteiger partial charge in [-0.1, -0.05) is 36.4 Å². The van der Waals surface area contributed by atoms with Crippen LogP contribution in [0.15, 0.2) is 71.9 Å². The predicted octanol–water partition coefficient (Wildman–Crippen LogP) is 3.44. The number of methoxy groups -OCH3 is 2. The second kappa shape index (κ2) is 10.0. The number of Topliss-reactive ketones (excluding diaryl/α,β-unsaturated/α-hetero) is 1. The summed E-state index contributed by atoms with van der Waals surface area (Å²) in [6, 6.07) is 18.2. The summed E-state index contributed by atoms with van der Waals surface area (Å²) < 4.78 is 31.6. The van der Waals surface area contributed by atoms with Gasteiger partial charge in [0.05, 0.1) is 23.8 Å². The van der Waals surface area contributed by atoms with Crippen molar-refractivity contribution >= 4 is 11.8 Å². The summed E-state index contributed by atoms with van der Waals surface area (Å²) in [6.07, 6.45) is 1.47. The highest BCUT2D eigenvalue weighted by Gasteiger charge is 2.16. The number of carbonyl (C=O) groups is 1. The molecule has 1 heterocycles. The summed E-state index contributed by atoms with van der Waals surface area (Å²) >= 11 is 0.